The minimum Gasteiger partial charge on any atom is -0.396 e. The lowest BCUT2D eigenvalue weighted by molar-refractivity contribution is -0.140. The van der Waals surface area contributed by atoms with Gasteiger partial charge in [0.05, 0.1) is 16.6 Å². The van der Waals surface area contributed by atoms with Crippen molar-refractivity contribution in [3.8, 4) is 0 Å². The maximum absolute atomic E-state index is 13.5. The van der Waals surface area contributed by atoms with E-state index in [-0.39, 0.29) is 35.5 Å². The first kappa shape index (κ1) is 22.4. The minimum atomic E-state index is -0.500. The highest BCUT2D eigenvalue weighted by Gasteiger charge is 2.73. The number of nitrogens with zero attached hydrogens (tertiary/aromatic N) is 1. The fourth-order valence-corrected chi connectivity index (χ4v) is 7.63. The molecule has 3 aliphatic rings. The van der Waals surface area contributed by atoms with Crippen LogP contribution in [0.1, 0.15) is 58.3 Å². The lowest BCUT2D eigenvalue weighted by atomic mass is 9.71. The summed E-state index contributed by atoms with van der Waals surface area (Å²) < 4.78 is -0.481. The Morgan fingerprint density at radius 3 is 2.69 bits per heavy atom. The van der Waals surface area contributed by atoms with Gasteiger partial charge in [-0.3, -0.25) is 14.4 Å². The van der Waals surface area contributed by atoms with Crippen LogP contribution in [-0.4, -0.2) is 70.5 Å². The molecular formula is C21H35N3O4S. The molecule has 3 rings (SSSR count). The Morgan fingerprint density at radius 2 is 2.00 bits per heavy atom. The van der Waals surface area contributed by atoms with Crippen LogP contribution in [0.15, 0.2) is 0 Å². The summed E-state index contributed by atoms with van der Waals surface area (Å²) in [7, 11) is 1.62. The Kier molecular flexibility index (Phi) is 7.48. The van der Waals surface area contributed by atoms with Crippen molar-refractivity contribution < 1.29 is 19.5 Å². The van der Waals surface area contributed by atoms with Gasteiger partial charge in [-0.25, -0.2) is 0 Å². The van der Waals surface area contributed by atoms with Crippen molar-refractivity contribution in [2.75, 3.05) is 26.7 Å². The van der Waals surface area contributed by atoms with Gasteiger partial charge in [-0.1, -0.05) is 19.8 Å². The zero-order chi connectivity index (χ0) is 21.0. The van der Waals surface area contributed by atoms with Crippen LogP contribution in [0.2, 0.25) is 0 Å². The van der Waals surface area contributed by atoms with E-state index >= 15 is 0 Å². The summed E-state index contributed by atoms with van der Waals surface area (Å²) in [4.78, 5) is 41.1. The maximum atomic E-state index is 13.5. The van der Waals surface area contributed by atoms with Gasteiger partial charge in [-0.15, -0.1) is 11.8 Å². The number of aliphatic hydroxyl groups excluding tert-OH is 1. The van der Waals surface area contributed by atoms with Gasteiger partial charge in [0.1, 0.15) is 6.04 Å². The normalized spacial score (nSPS) is 32.5. The van der Waals surface area contributed by atoms with Crippen LogP contribution in [-0.2, 0) is 14.4 Å². The van der Waals surface area contributed by atoms with E-state index in [0.29, 0.717) is 19.5 Å². The molecule has 0 radical (unpaired) electrons. The molecule has 5 atom stereocenters. The largest absolute Gasteiger partial charge is 0.396 e. The van der Waals surface area contributed by atoms with E-state index in [1.54, 1.807) is 23.7 Å². The molecule has 7 nitrogen and oxygen atoms in total. The second-order valence-corrected chi connectivity index (χ2v) is 10.1. The summed E-state index contributed by atoms with van der Waals surface area (Å²) >= 11 is 1.71. The molecule has 3 N–H and O–H groups in total. The molecule has 164 valence electrons. The molecule has 2 bridgehead atoms. The molecule has 2 unspecified atom stereocenters. The number of nitrogens with one attached hydrogen (secondary N) is 2. The number of amides is 3. The van der Waals surface area contributed by atoms with Gasteiger partial charge in [-0.2, -0.15) is 0 Å². The van der Waals surface area contributed by atoms with Gasteiger partial charge in [0, 0.05) is 32.0 Å². The second-order valence-electron chi connectivity index (χ2n) is 8.48. The van der Waals surface area contributed by atoms with Crippen molar-refractivity contribution in [2.24, 2.45) is 11.8 Å². The second kappa shape index (κ2) is 9.69. The van der Waals surface area contributed by atoms with Gasteiger partial charge in [0.2, 0.25) is 17.7 Å². The zero-order valence-electron chi connectivity index (χ0n) is 17.6. The summed E-state index contributed by atoms with van der Waals surface area (Å²) in [5.41, 5.74) is 0. The lowest BCUT2D eigenvalue weighted by Crippen LogP contribution is -2.53. The topological polar surface area (TPSA) is 98.7 Å². The summed E-state index contributed by atoms with van der Waals surface area (Å²) in [5.74, 6) is -0.929. The summed E-state index contributed by atoms with van der Waals surface area (Å²) in [6, 6.07) is -0.500. The molecule has 3 amide bonds. The SMILES string of the molecule is CCCCCNC(=O)C1N(CCCCCO)C(=O)[C@@H]2[C@H](C(=O)NC)[C@@H]3CCC12S3. The zero-order valence-corrected chi connectivity index (χ0v) is 18.4. The number of rotatable bonds is 11. The molecule has 0 saturated carbocycles. The molecule has 3 fully saturated rings. The number of aliphatic hydroxyl groups is 1. The van der Waals surface area contributed by atoms with Crippen LogP contribution >= 0.6 is 11.8 Å². The van der Waals surface area contributed by atoms with E-state index in [1.165, 1.54) is 0 Å². The van der Waals surface area contributed by atoms with Crippen LogP contribution < -0.4 is 10.6 Å². The Hall–Kier alpha value is -1.28. The first-order chi connectivity index (χ1) is 14.0. The van der Waals surface area contributed by atoms with Crippen LogP contribution in [0.25, 0.3) is 0 Å². The molecule has 0 aromatic carbocycles. The van der Waals surface area contributed by atoms with E-state index < -0.39 is 16.7 Å². The fourth-order valence-electron chi connectivity index (χ4n) is 5.41. The third kappa shape index (κ3) is 4.02. The number of likely N-dealkylation sites (tertiary alicyclic amines) is 1. The molecule has 8 heteroatoms. The van der Waals surface area contributed by atoms with Crippen LogP contribution in [0.4, 0.5) is 0 Å². The van der Waals surface area contributed by atoms with Gasteiger partial charge in [0.25, 0.3) is 0 Å². The summed E-state index contributed by atoms with van der Waals surface area (Å²) in [6.45, 7) is 3.40. The minimum absolute atomic E-state index is 0.0361. The highest BCUT2D eigenvalue weighted by atomic mass is 32.2. The van der Waals surface area contributed by atoms with Crippen molar-refractivity contribution in [1.82, 2.24) is 15.5 Å². The average molecular weight is 426 g/mol. The van der Waals surface area contributed by atoms with Crippen molar-refractivity contribution in [3.05, 3.63) is 0 Å². The number of carbonyl (C=O) groups is 3. The number of thioether (sulfide) groups is 1. The van der Waals surface area contributed by atoms with Crippen molar-refractivity contribution in [2.45, 2.75) is 74.3 Å². The number of hydrogen-bond acceptors (Lipinski definition) is 5. The molecule has 3 aliphatic heterocycles. The van der Waals surface area contributed by atoms with Crippen LogP contribution in [0.5, 0.6) is 0 Å². The standard InChI is InChI=1S/C21H35N3O4S/c1-3-4-6-11-23-19(27)17-21-10-9-14(29-21)15(18(26)22-2)16(21)20(28)24(17)12-7-5-8-13-25/h14-17,25H,3-13H2,1-2H3,(H,22,26)(H,23,27)/t14-,15+,16-,17?,21?/m0/s1. The predicted molar refractivity (Wildman–Crippen MR) is 113 cm³/mol. The smallest absolute Gasteiger partial charge is 0.244 e. The first-order valence-electron chi connectivity index (χ1n) is 11.1. The van der Waals surface area contributed by atoms with E-state index in [1.807, 2.05) is 0 Å². The predicted octanol–water partition coefficient (Wildman–Crippen LogP) is 1.29. The molecule has 29 heavy (non-hydrogen) atoms. The third-order valence-electron chi connectivity index (χ3n) is 6.73. The van der Waals surface area contributed by atoms with E-state index in [2.05, 4.69) is 17.6 Å². The maximum Gasteiger partial charge on any atom is 0.244 e. The van der Waals surface area contributed by atoms with Crippen molar-refractivity contribution >= 4 is 29.5 Å². The fraction of sp³-hybridized carbons (Fsp3) is 0.857. The van der Waals surface area contributed by atoms with Crippen molar-refractivity contribution in [3.63, 3.8) is 0 Å². The van der Waals surface area contributed by atoms with Crippen molar-refractivity contribution in [1.29, 1.82) is 0 Å². The Bertz CT molecular complexity index is 631. The molecule has 0 aromatic heterocycles. The van der Waals surface area contributed by atoms with Gasteiger partial charge in [-0.05, 0) is 38.5 Å². The third-order valence-corrected chi connectivity index (χ3v) is 8.69. The summed E-state index contributed by atoms with van der Waals surface area (Å²) in [5, 5.41) is 15.0. The number of unbranched alkanes of at least 4 members (excludes halogenated alkanes) is 4. The van der Waals surface area contributed by atoms with Crippen LogP contribution in [0.3, 0.4) is 0 Å². The Morgan fingerprint density at radius 1 is 1.21 bits per heavy atom. The van der Waals surface area contributed by atoms with E-state index in [9.17, 15) is 14.4 Å². The highest BCUT2D eigenvalue weighted by Crippen LogP contribution is 2.66. The summed E-state index contributed by atoms with van der Waals surface area (Å²) in [6.07, 6.45) is 7.06. The highest BCUT2D eigenvalue weighted by molar-refractivity contribution is 8.02. The molecular weight excluding hydrogens is 390 g/mol. The molecule has 3 heterocycles. The molecule has 0 aromatic rings. The monoisotopic (exact) mass is 425 g/mol. The molecule has 3 saturated heterocycles. The van der Waals surface area contributed by atoms with Gasteiger partial charge >= 0.3 is 0 Å². The van der Waals surface area contributed by atoms with E-state index in [0.717, 1.165) is 44.9 Å². The van der Waals surface area contributed by atoms with E-state index in [4.69, 9.17) is 5.11 Å². The van der Waals surface area contributed by atoms with Crippen LogP contribution in [0, 0.1) is 11.8 Å². The lowest BCUT2D eigenvalue weighted by Gasteiger charge is -2.34. The first-order valence-corrected chi connectivity index (χ1v) is 12.0. The number of fused-ring (bicyclic) bond motifs is 1. The molecule has 0 aliphatic carbocycles. The van der Waals surface area contributed by atoms with Gasteiger partial charge < -0.3 is 20.6 Å². The quantitative estimate of drug-likeness (QED) is 0.433. The Balaban J connectivity index is 1.82. The number of hydrogen-bond donors (Lipinski definition) is 3. The number of carbonyl (C=O) groups excluding carboxylic acids is 3. The Labute approximate surface area is 177 Å². The van der Waals surface area contributed by atoms with Gasteiger partial charge in [0.15, 0.2) is 0 Å². The molecule has 1 spiro atoms. The average Bonchev–Trinajstić information content (AvgIpc) is 3.35.